The minimum absolute atomic E-state index is 0.118. The Kier molecular flexibility index (Phi) is 43.6. The van der Waals surface area contributed by atoms with Gasteiger partial charge in [0.25, 0.3) is 0 Å². The predicted molar refractivity (Wildman–Crippen MR) is 251 cm³/mol. The zero-order chi connectivity index (χ0) is 43.0. The molecule has 0 aliphatic carbocycles. The Balaban J connectivity index is 4.54. The van der Waals surface area contributed by atoms with E-state index in [0.717, 1.165) is 77.0 Å². The summed E-state index contributed by atoms with van der Waals surface area (Å²) in [6.07, 6.45) is 62.2. The molecule has 0 heterocycles. The molecular weight excluding hydrogens is 733 g/mol. The van der Waals surface area contributed by atoms with Crippen molar-refractivity contribution in [2.75, 3.05) is 13.2 Å². The van der Waals surface area contributed by atoms with Gasteiger partial charge in [0.1, 0.15) is 13.2 Å². The number of carbonyl (C=O) groups is 3. The van der Waals surface area contributed by atoms with Crippen molar-refractivity contribution in [3.63, 3.8) is 0 Å². The van der Waals surface area contributed by atoms with E-state index < -0.39 is 6.10 Å². The van der Waals surface area contributed by atoms with Crippen molar-refractivity contribution in [3.8, 4) is 0 Å². The molecule has 0 saturated heterocycles. The lowest BCUT2D eigenvalue weighted by Crippen LogP contribution is -2.30. The van der Waals surface area contributed by atoms with Crippen LogP contribution < -0.4 is 0 Å². The Morgan fingerprint density at radius 3 is 1.29 bits per heavy atom. The number of hydrogen-bond donors (Lipinski definition) is 0. The molecule has 1 unspecified atom stereocenters. The second kappa shape index (κ2) is 46.8. The third-order valence-corrected chi connectivity index (χ3v) is 9.43. The third-order valence-electron chi connectivity index (χ3n) is 9.43. The number of hydrogen-bond acceptors (Lipinski definition) is 6. The first-order chi connectivity index (χ1) is 29.0. The van der Waals surface area contributed by atoms with E-state index in [9.17, 15) is 14.4 Å². The molecule has 0 N–H and O–H groups in total. The molecular formula is C53H84O6. The second-order valence-corrected chi connectivity index (χ2v) is 15.1. The quantitative estimate of drug-likeness (QED) is 0.0201. The zero-order valence-electron chi connectivity index (χ0n) is 37.7. The van der Waals surface area contributed by atoms with Crippen LogP contribution >= 0.6 is 0 Å². The highest BCUT2D eigenvalue weighted by Crippen LogP contribution is 2.14. The average molecular weight is 817 g/mol. The Morgan fingerprint density at radius 1 is 0.373 bits per heavy atom. The van der Waals surface area contributed by atoms with Gasteiger partial charge in [-0.15, -0.1) is 0 Å². The summed E-state index contributed by atoms with van der Waals surface area (Å²) in [6, 6.07) is 0. The van der Waals surface area contributed by atoms with Crippen molar-refractivity contribution in [3.05, 3.63) is 109 Å². The summed E-state index contributed by atoms with van der Waals surface area (Å²) in [5.41, 5.74) is 0. The monoisotopic (exact) mass is 817 g/mol. The van der Waals surface area contributed by atoms with E-state index in [4.69, 9.17) is 14.2 Å². The minimum Gasteiger partial charge on any atom is -0.462 e. The van der Waals surface area contributed by atoms with E-state index in [1.54, 1.807) is 0 Å². The van der Waals surface area contributed by atoms with Crippen LogP contribution in [0.1, 0.15) is 188 Å². The van der Waals surface area contributed by atoms with Crippen LogP contribution in [0.4, 0.5) is 0 Å². The molecule has 1 atom stereocenters. The first-order valence-corrected chi connectivity index (χ1v) is 23.5. The average Bonchev–Trinajstić information content (AvgIpc) is 3.23. The Morgan fingerprint density at radius 2 is 0.763 bits per heavy atom. The van der Waals surface area contributed by atoms with Gasteiger partial charge in [-0.3, -0.25) is 14.4 Å². The van der Waals surface area contributed by atoms with Crippen LogP contribution in [0.25, 0.3) is 0 Å². The minimum atomic E-state index is -0.815. The fourth-order valence-corrected chi connectivity index (χ4v) is 5.97. The summed E-state index contributed by atoms with van der Waals surface area (Å²) < 4.78 is 16.6. The molecule has 59 heavy (non-hydrogen) atoms. The SMILES string of the molecule is CC\C=C/C=C\C=C/C=C\C=C\C=C/CCCCCC(=O)OCC(COC(=O)CCC/C=C\C/C=C\C/C=C\CC)OC(=O)CCCCCCCCCCCCCCC. The fraction of sp³-hybridized carbons (Fsp3) is 0.604. The highest BCUT2D eigenvalue weighted by Gasteiger charge is 2.19. The van der Waals surface area contributed by atoms with Gasteiger partial charge >= 0.3 is 17.9 Å². The highest BCUT2D eigenvalue weighted by molar-refractivity contribution is 5.71. The topological polar surface area (TPSA) is 78.9 Å². The van der Waals surface area contributed by atoms with Gasteiger partial charge in [-0.2, -0.15) is 0 Å². The fourth-order valence-electron chi connectivity index (χ4n) is 5.97. The predicted octanol–water partition coefficient (Wildman–Crippen LogP) is 15.2. The molecule has 0 spiro atoms. The van der Waals surface area contributed by atoms with Crippen LogP contribution in [0, 0.1) is 0 Å². The van der Waals surface area contributed by atoms with Gasteiger partial charge in [-0.1, -0.05) is 214 Å². The van der Waals surface area contributed by atoms with Gasteiger partial charge in [0, 0.05) is 19.3 Å². The number of allylic oxidation sites excluding steroid dienone is 18. The number of carbonyl (C=O) groups excluding carboxylic acids is 3. The Bertz CT molecular complexity index is 1260. The van der Waals surface area contributed by atoms with Crippen molar-refractivity contribution < 1.29 is 28.6 Å². The summed E-state index contributed by atoms with van der Waals surface area (Å²) in [6.45, 7) is 6.26. The van der Waals surface area contributed by atoms with E-state index >= 15 is 0 Å². The van der Waals surface area contributed by atoms with Gasteiger partial charge in [0.15, 0.2) is 6.10 Å². The lowest BCUT2D eigenvalue weighted by atomic mass is 10.0. The first-order valence-electron chi connectivity index (χ1n) is 23.5. The molecule has 0 amide bonds. The van der Waals surface area contributed by atoms with Crippen LogP contribution in [0.3, 0.4) is 0 Å². The Hall–Kier alpha value is -3.93. The zero-order valence-corrected chi connectivity index (χ0v) is 37.7. The van der Waals surface area contributed by atoms with E-state index in [1.165, 1.54) is 64.2 Å². The van der Waals surface area contributed by atoms with Gasteiger partial charge in [0.05, 0.1) is 0 Å². The summed E-state index contributed by atoms with van der Waals surface area (Å²) in [7, 11) is 0. The third kappa shape index (κ3) is 45.0. The van der Waals surface area contributed by atoms with Crippen LogP contribution in [-0.4, -0.2) is 37.2 Å². The molecule has 0 aliphatic rings. The largest absolute Gasteiger partial charge is 0.462 e. The molecule has 0 aromatic rings. The molecule has 0 bridgehead atoms. The summed E-state index contributed by atoms with van der Waals surface area (Å²) in [5.74, 6) is -1.02. The van der Waals surface area contributed by atoms with Crippen molar-refractivity contribution in [1.29, 1.82) is 0 Å². The highest BCUT2D eigenvalue weighted by atomic mass is 16.6. The lowest BCUT2D eigenvalue weighted by molar-refractivity contribution is -0.167. The molecule has 332 valence electrons. The maximum atomic E-state index is 12.7. The maximum Gasteiger partial charge on any atom is 0.306 e. The van der Waals surface area contributed by atoms with Gasteiger partial charge < -0.3 is 14.2 Å². The van der Waals surface area contributed by atoms with Crippen molar-refractivity contribution in [1.82, 2.24) is 0 Å². The van der Waals surface area contributed by atoms with Crippen LogP contribution in [0.5, 0.6) is 0 Å². The van der Waals surface area contributed by atoms with Crippen molar-refractivity contribution in [2.45, 2.75) is 194 Å². The molecule has 0 aromatic heterocycles. The lowest BCUT2D eigenvalue weighted by Gasteiger charge is -2.18. The molecule has 0 radical (unpaired) electrons. The van der Waals surface area contributed by atoms with Crippen molar-refractivity contribution in [2.24, 2.45) is 0 Å². The first kappa shape index (κ1) is 55.1. The second-order valence-electron chi connectivity index (χ2n) is 15.1. The van der Waals surface area contributed by atoms with E-state index in [1.807, 2.05) is 60.8 Å². The summed E-state index contributed by atoms with van der Waals surface area (Å²) in [4.78, 5) is 37.8. The molecule has 6 heteroatoms. The van der Waals surface area contributed by atoms with E-state index in [2.05, 4.69) is 69.4 Å². The Labute approximate surface area is 361 Å². The normalized spacial score (nSPS) is 13.1. The van der Waals surface area contributed by atoms with Crippen molar-refractivity contribution >= 4 is 17.9 Å². The summed E-state index contributed by atoms with van der Waals surface area (Å²) >= 11 is 0. The van der Waals surface area contributed by atoms with Gasteiger partial charge in [0.2, 0.25) is 0 Å². The van der Waals surface area contributed by atoms with Crippen LogP contribution in [0.2, 0.25) is 0 Å². The standard InChI is InChI=1S/C53H84O6/c1-4-7-10-13-16-19-22-24-25-26-27-29-31-34-37-40-43-46-52(55)58-49-50(48-57-51(54)45-42-39-36-33-30-21-18-15-12-9-6-3)59-53(56)47-44-41-38-35-32-28-23-20-17-14-11-8-5-2/h7,9-10,12-13,16,18-19,21-22,24-27,29,31,33,36,50H,4-6,8,11,14-15,17,20,23,28,30,32,34-35,37-49H2,1-3H3/b10-7-,12-9-,16-13-,21-18-,22-19-,25-24-,27-26+,31-29-,36-33-. The van der Waals surface area contributed by atoms with Gasteiger partial charge in [-0.25, -0.2) is 0 Å². The molecule has 6 nitrogen and oxygen atoms in total. The number of ether oxygens (including phenoxy) is 3. The number of unbranched alkanes of at least 4 members (excludes halogenated alkanes) is 16. The van der Waals surface area contributed by atoms with Gasteiger partial charge in [-0.05, 0) is 64.2 Å². The number of rotatable bonds is 40. The number of esters is 3. The smallest absolute Gasteiger partial charge is 0.306 e. The molecule has 0 fully saturated rings. The van der Waals surface area contributed by atoms with Crippen LogP contribution in [-0.2, 0) is 28.6 Å². The molecule has 0 saturated carbocycles. The van der Waals surface area contributed by atoms with E-state index in [-0.39, 0.29) is 37.5 Å². The molecule has 0 aliphatic heterocycles. The summed E-state index contributed by atoms with van der Waals surface area (Å²) in [5, 5.41) is 0. The molecule has 0 rings (SSSR count). The van der Waals surface area contributed by atoms with E-state index in [0.29, 0.717) is 19.3 Å². The maximum absolute atomic E-state index is 12.7. The van der Waals surface area contributed by atoms with Crippen LogP contribution in [0.15, 0.2) is 109 Å². The molecule has 0 aromatic carbocycles.